The Balaban J connectivity index is 0.749. The second-order valence-electron chi connectivity index (χ2n) is 20.0. The van der Waals surface area contributed by atoms with E-state index in [0.717, 1.165) is 44.6 Å². The van der Waals surface area contributed by atoms with Gasteiger partial charge in [0.15, 0.2) is 5.65 Å². The number of likely N-dealkylation sites (N-methyl/N-ethyl adjacent to an activating group) is 1. The molecule has 1 saturated heterocycles. The number of nitrogens with one attached hydrogen (secondary N) is 3. The first kappa shape index (κ1) is 56.1. The third kappa shape index (κ3) is 14.4. The number of amides is 5. The smallest absolute Gasteiger partial charge is 0.391 e. The summed E-state index contributed by atoms with van der Waals surface area (Å²) in [6.45, 7) is 9.42. The summed E-state index contributed by atoms with van der Waals surface area (Å²) in [6.07, 6.45) is -1.29. The number of carbonyl (C=O) groups is 5. The highest BCUT2D eigenvalue weighted by Gasteiger charge is 2.44. The van der Waals surface area contributed by atoms with Gasteiger partial charge in [-0.2, -0.15) is 18.3 Å². The topological polar surface area (TPSA) is 202 Å². The molecule has 0 spiro atoms. The fourth-order valence-corrected chi connectivity index (χ4v) is 9.84. The van der Waals surface area contributed by atoms with Crippen molar-refractivity contribution in [1.82, 2.24) is 45.1 Å². The molecule has 5 amide bonds. The predicted octanol–water partition coefficient (Wildman–Crippen LogP) is 6.95. The summed E-state index contributed by atoms with van der Waals surface area (Å²) in [6, 6.07) is 16.0. The zero-order valence-electron chi connectivity index (χ0n) is 43.2. The molecule has 1 aliphatic heterocycles. The van der Waals surface area contributed by atoms with E-state index in [1.54, 1.807) is 69.5 Å². The quantitative estimate of drug-likeness (QED) is 0.0487. The van der Waals surface area contributed by atoms with Gasteiger partial charge in [0.2, 0.25) is 23.6 Å². The summed E-state index contributed by atoms with van der Waals surface area (Å²) in [5, 5.41) is 25.2. The molecule has 17 nitrogen and oxygen atoms in total. The first-order valence-corrected chi connectivity index (χ1v) is 26.0. The number of aryl methyl sites for hydroxylation is 2. The molecular formula is C54H66F3N9O8S. The van der Waals surface area contributed by atoms with Crippen molar-refractivity contribution in [3.05, 3.63) is 101 Å². The van der Waals surface area contributed by atoms with Crippen molar-refractivity contribution in [2.45, 2.75) is 97.1 Å². The molecule has 1 aliphatic rings. The summed E-state index contributed by atoms with van der Waals surface area (Å²) >= 11 is 1.56. The minimum Gasteiger partial charge on any atom is -0.391 e. The lowest BCUT2D eigenvalue weighted by Gasteiger charge is -2.35. The number of carbonyl (C=O) groups excluding carboxylic acids is 5. The van der Waals surface area contributed by atoms with Crippen molar-refractivity contribution in [1.29, 1.82) is 0 Å². The van der Waals surface area contributed by atoms with Crippen LogP contribution in [0.15, 0.2) is 78.4 Å². The van der Waals surface area contributed by atoms with Crippen LogP contribution in [-0.4, -0.2) is 135 Å². The van der Waals surface area contributed by atoms with Gasteiger partial charge in [-0.15, -0.1) is 11.3 Å². The lowest BCUT2D eigenvalue weighted by molar-refractivity contribution is -0.144. The molecule has 3 aromatic heterocycles. The van der Waals surface area contributed by atoms with E-state index in [1.807, 2.05) is 52.0 Å². The van der Waals surface area contributed by atoms with E-state index in [2.05, 4.69) is 26.0 Å². The normalized spacial score (nSPS) is 15.4. The van der Waals surface area contributed by atoms with Gasteiger partial charge in [-0.05, 0) is 78.8 Å². The number of fused-ring (bicyclic) bond motifs is 3. The molecule has 6 aromatic rings. The van der Waals surface area contributed by atoms with E-state index in [0.29, 0.717) is 61.2 Å². The van der Waals surface area contributed by atoms with Crippen molar-refractivity contribution in [3.63, 3.8) is 0 Å². The van der Waals surface area contributed by atoms with E-state index < -0.39 is 41.2 Å². The van der Waals surface area contributed by atoms with Gasteiger partial charge in [0, 0.05) is 87.8 Å². The molecule has 7 rings (SSSR count). The van der Waals surface area contributed by atoms with Crippen molar-refractivity contribution in [2.24, 2.45) is 12.5 Å². The number of β-amino-alcohol motifs (C(OH)–C–C–N with tert-alkyl or cyclic N) is 1. The number of rotatable bonds is 23. The molecule has 21 heteroatoms. The number of hydrogen-bond donors (Lipinski definition) is 4. The minimum absolute atomic E-state index is 0.0197. The first-order valence-electron chi connectivity index (χ1n) is 25.1. The second-order valence-corrected chi connectivity index (χ2v) is 20.8. The Kier molecular flexibility index (Phi) is 18.5. The van der Waals surface area contributed by atoms with Crippen molar-refractivity contribution >= 4 is 62.8 Å². The zero-order chi connectivity index (χ0) is 54.0. The summed E-state index contributed by atoms with van der Waals surface area (Å²) in [5.41, 5.74) is 5.39. The highest BCUT2D eigenvalue weighted by Crippen LogP contribution is 2.35. The van der Waals surface area contributed by atoms with Crippen molar-refractivity contribution in [2.75, 3.05) is 53.1 Å². The van der Waals surface area contributed by atoms with E-state index in [-0.39, 0.29) is 75.9 Å². The average Bonchev–Trinajstić information content (AvgIpc) is 4.16. The van der Waals surface area contributed by atoms with Crippen LogP contribution in [0.4, 0.5) is 13.2 Å². The van der Waals surface area contributed by atoms with Gasteiger partial charge in [-0.25, -0.2) is 4.98 Å². The number of aliphatic hydroxyl groups excluding tert-OH is 1. The molecule has 0 aliphatic carbocycles. The molecular weight excluding hydrogens is 992 g/mol. The number of aliphatic hydroxyl groups is 1. The fraction of sp³-hybridized carbons (Fsp3) is 0.463. The Hall–Kier alpha value is -6.68. The Labute approximate surface area is 437 Å². The molecule has 0 radical (unpaired) electrons. The monoisotopic (exact) mass is 1060 g/mol. The van der Waals surface area contributed by atoms with Gasteiger partial charge in [0.1, 0.15) is 12.1 Å². The zero-order valence-corrected chi connectivity index (χ0v) is 44.0. The number of aromatic nitrogens is 4. The van der Waals surface area contributed by atoms with E-state index in [4.69, 9.17) is 9.47 Å². The number of nitrogens with zero attached hydrogens (tertiary/aromatic N) is 6. The van der Waals surface area contributed by atoms with Crippen LogP contribution in [0, 0.1) is 12.3 Å². The van der Waals surface area contributed by atoms with E-state index >= 15 is 0 Å². The number of benzene rings is 3. The number of halogens is 3. The number of likely N-dealkylation sites (tertiary alicyclic amines) is 1. The maximum absolute atomic E-state index is 14.0. The Bertz CT molecular complexity index is 2950. The maximum atomic E-state index is 14.0. The second kappa shape index (κ2) is 24.8. The molecule has 3 aromatic carbocycles. The lowest BCUT2D eigenvalue weighted by atomic mass is 9.85. The van der Waals surface area contributed by atoms with Gasteiger partial charge < -0.3 is 40.3 Å². The fourth-order valence-electron chi connectivity index (χ4n) is 9.02. The van der Waals surface area contributed by atoms with Crippen LogP contribution >= 0.6 is 11.3 Å². The van der Waals surface area contributed by atoms with Crippen LogP contribution in [0.3, 0.4) is 0 Å². The van der Waals surface area contributed by atoms with Crippen LogP contribution in [-0.2, 0) is 48.4 Å². The van der Waals surface area contributed by atoms with Gasteiger partial charge in [0.25, 0.3) is 5.91 Å². The number of unbranched alkanes of at least 4 members (excludes halogenated alkanes) is 2. The Morgan fingerprint density at radius 1 is 0.893 bits per heavy atom. The molecule has 0 bridgehead atoms. The van der Waals surface area contributed by atoms with Crippen LogP contribution < -0.4 is 16.0 Å². The molecule has 75 heavy (non-hydrogen) atoms. The SMILES string of the molecule is Cc1ncsc1-c1ccc(CNC(=O)[C@@H]2C[C@@H](O)CN2C(=O)[C@@H](NC(=O)CCCCCC(=O)N(C)CCOCCOCCNC(=O)c2ccc3c(c2)c2cn(C)nc2n3-c2ccc(C(F)(F)F)cc2)C(C)(C)C)cc1. The largest absolute Gasteiger partial charge is 0.416 e. The van der Waals surface area contributed by atoms with Crippen LogP contribution in [0.2, 0.25) is 0 Å². The van der Waals surface area contributed by atoms with Crippen LogP contribution in [0.25, 0.3) is 38.1 Å². The predicted molar refractivity (Wildman–Crippen MR) is 279 cm³/mol. The third-order valence-corrected chi connectivity index (χ3v) is 14.1. The number of alkyl halides is 3. The highest BCUT2D eigenvalue weighted by atomic mass is 32.1. The number of ether oxygens (including phenoxy) is 2. The lowest BCUT2D eigenvalue weighted by Crippen LogP contribution is -2.57. The number of hydrogen-bond acceptors (Lipinski definition) is 11. The van der Waals surface area contributed by atoms with Crippen LogP contribution in [0.5, 0.6) is 0 Å². The average molecular weight is 1060 g/mol. The summed E-state index contributed by atoms with van der Waals surface area (Å²) in [7, 11) is 3.45. The molecule has 1 fully saturated rings. The van der Waals surface area contributed by atoms with Gasteiger partial charge in [0.05, 0.1) is 59.7 Å². The van der Waals surface area contributed by atoms with Gasteiger partial charge in [-0.3, -0.25) is 33.2 Å². The molecule has 4 N–H and O–H groups in total. The van der Waals surface area contributed by atoms with Crippen molar-refractivity contribution < 1.29 is 51.7 Å². The molecule has 0 unspecified atom stereocenters. The minimum atomic E-state index is -4.46. The standard InChI is InChI=1S/C54H66F3N9O8S/c1-34-47(75-33-60-34)36-14-12-35(13-15-36)30-59-51(71)44-29-40(67)31-65(44)52(72)48(53(2,3)4)61-45(68)10-8-7-9-11-46(69)63(5)23-25-74-27-26-73-24-22-58-50(70)37-16-21-43-41(28-37)42-32-64(6)62-49(42)66(43)39-19-17-38(18-20-39)54(55,56)57/h12-21,28,32-33,40,44,48,67H,7-11,22-27,29-31H2,1-6H3,(H,58,70)(H,59,71)(H,61,68)/t40-,44+,48-/m1/s1. The highest BCUT2D eigenvalue weighted by molar-refractivity contribution is 7.13. The summed E-state index contributed by atoms with van der Waals surface area (Å²) in [5.74, 6) is -1.49. The van der Waals surface area contributed by atoms with Gasteiger partial charge in [-0.1, -0.05) is 51.5 Å². The first-order chi connectivity index (χ1) is 35.7. The van der Waals surface area contributed by atoms with Crippen molar-refractivity contribution in [3.8, 4) is 16.1 Å². The Morgan fingerprint density at radius 3 is 2.28 bits per heavy atom. The molecule has 4 heterocycles. The number of thiazole rings is 1. The molecule has 0 saturated carbocycles. The Morgan fingerprint density at radius 2 is 1.60 bits per heavy atom. The molecule has 402 valence electrons. The maximum Gasteiger partial charge on any atom is 0.416 e. The van der Waals surface area contributed by atoms with E-state index in [1.165, 1.54) is 17.0 Å². The summed E-state index contributed by atoms with van der Waals surface area (Å²) in [4.78, 5) is 74.9. The van der Waals surface area contributed by atoms with Crippen LogP contribution in [0.1, 0.15) is 86.5 Å². The van der Waals surface area contributed by atoms with E-state index in [9.17, 15) is 42.3 Å². The third-order valence-electron chi connectivity index (χ3n) is 13.2. The molecule has 3 atom stereocenters. The van der Waals surface area contributed by atoms with Gasteiger partial charge >= 0.3 is 6.18 Å². The summed E-state index contributed by atoms with van der Waals surface area (Å²) < 4.78 is 54.3.